The molecule has 1 N–H and O–H groups in total. The van der Waals surface area contributed by atoms with Crippen molar-refractivity contribution in [1.82, 2.24) is 10.2 Å². The molecule has 24 heavy (non-hydrogen) atoms. The van der Waals surface area contributed by atoms with Crippen LogP contribution in [0.4, 0.5) is 9.18 Å². The summed E-state index contributed by atoms with van der Waals surface area (Å²) >= 11 is 3.26. The van der Waals surface area contributed by atoms with Crippen molar-refractivity contribution >= 4 is 27.9 Å². The van der Waals surface area contributed by atoms with Gasteiger partial charge in [0.1, 0.15) is 11.4 Å². The van der Waals surface area contributed by atoms with Crippen LogP contribution in [0.15, 0.2) is 16.6 Å². The van der Waals surface area contributed by atoms with Crippen molar-refractivity contribution in [2.24, 2.45) is 0 Å². The summed E-state index contributed by atoms with van der Waals surface area (Å²) in [6.45, 7) is 7.91. The van der Waals surface area contributed by atoms with Crippen molar-refractivity contribution in [3.63, 3.8) is 0 Å². The first kappa shape index (κ1) is 18.7. The highest BCUT2D eigenvalue weighted by atomic mass is 79.9. The number of halogens is 2. The van der Waals surface area contributed by atoms with Crippen molar-refractivity contribution < 1.29 is 18.7 Å². The number of benzene rings is 1. The number of carbonyl (C=O) groups is 2. The molecule has 7 heteroatoms. The van der Waals surface area contributed by atoms with E-state index >= 15 is 0 Å². The first-order valence-corrected chi connectivity index (χ1v) is 8.60. The van der Waals surface area contributed by atoms with Gasteiger partial charge >= 0.3 is 6.09 Å². The lowest BCUT2D eigenvalue weighted by molar-refractivity contribution is 0.0502. The summed E-state index contributed by atoms with van der Waals surface area (Å²) in [5.74, 6) is -0.668. The van der Waals surface area contributed by atoms with Crippen LogP contribution in [0.2, 0.25) is 0 Å². The molecule has 5 nitrogen and oxygen atoms in total. The molecule has 1 unspecified atom stereocenters. The van der Waals surface area contributed by atoms with Crippen molar-refractivity contribution in [3.8, 4) is 0 Å². The molecule has 1 saturated heterocycles. The molecule has 1 aliphatic heterocycles. The van der Waals surface area contributed by atoms with E-state index in [-0.39, 0.29) is 11.9 Å². The van der Waals surface area contributed by atoms with E-state index in [4.69, 9.17) is 4.74 Å². The monoisotopic (exact) mass is 400 g/mol. The third-order valence-corrected chi connectivity index (χ3v) is 4.55. The second-order valence-corrected chi connectivity index (χ2v) is 7.80. The van der Waals surface area contributed by atoms with Gasteiger partial charge in [0.25, 0.3) is 5.91 Å². The van der Waals surface area contributed by atoms with E-state index in [1.807, 2.05) is 0 Å². The zero-order chi connectivity index (χ0) is 18.1. The van der Waals surface area contributed by atoms with E-state index in [2.05, 4.69) is 21.2 Å². The zero-order valence-corrected chi connectivity index (χ0v) is 15.9. The molecule has 0 bridgehead atoms. The summed E-state index contributed by atoms with van der Waals surface area (Å²) in [4.78, 5) is 25.9. The van der Waals surface area contributed by atoms with Crippen LogP contribution >= 0.6 is 15.9 Å². The molecular formula is C17H22BrFN2O3. The number of nitrogens with one attached hydrogen (secondary N) is 1. The summed E-state index contributed by atoms with van der Waals surface area (Å²) in [5.41, 5.74) is 0.199. The molecule has 1 aromatic rings. The van der Waals surface area contributed by atoms with Gasteiger partial charge in [-0.1, -0.05) is 15.9 Å². The highest BCUT2D eigenvalue weighted by molar-refractivity contribution is 9.10. The normalized spacial score (nSPS) is 17.8. The Labute approximate surface area is 149 Å². The molecule has 1 aliphatic rings. The Bertz CT molecular complexity index is 635. The first-order valence-electron chi connectivity index (χ1n) is 7.81. The Morgan fingerprint density at radius 1 is 1.38 bits per heavy atom. The fraction of sp³-hybridized carbons (Fsp3) is 0.529. The molecule has 1 aromatic carbocycles. The van der Waals surface area contributed by atoms with Gasteiger partial charge in [0.2, 0.25) is 0 Å². The predicted molar refractivity (Wildman–Crippen MR) is 92.5 cm³/mol. The van der Waals surface area contributed by atoms with Gasteiger partial charge in [0.15, 0.2) is 0 Å². The Kier molecular flexibility index (Phi) is 5.52. The van der Waals surface area contributed by atoms with Crippen LogP contribution in [0.1, 0.15) is 43.1 Å². The van der Waals surface area contributed by atoms with Crippen LogP contribution in [0, 0.1) is 12.7 Å². The Hall–Kier alpha value is -1.63. The number of hydrogen-bond acceptors (Lipinski definition) is 3. The SMILES string of the molecule is Cc1c(F)cc(C(=O)N2CCC(NC(=O)OC(C)(C)C)C2)cc1Br. The van der Waals surface area contributed by atoms with Crippen LogP contribution < -0.4 is 5.32 Å². The van der Waals surface area contributed by atoms with Gasteiger partial charge in [-0.05, 0) is 51.8 Å². The molecule has 1 heterocycles. The molecule has 2 amide bonds. The number of alkyl carbamates (subject to hydrolysis) is 1. The van der Waals surface area contributed by atoms with Crippen LogP contribution in [0.3, 0.4) is 0 Å². The topological polar surface area (TPSA) is 58.6 Å². The van der Waals surface area contributed by atoms with Gasteiger partial charge in [-0.15, -0.1) is 0 Å². The van der Waals surface area contributed by atoms with Crippen LogP contribution in [-0.4, -0.2) is 41.6 Å². The zero-order valence-electron chi connectivity index (χ0n) is 14.3. The maximum Gasteiger partial charge on any atom is 0.407 e. The molecule has 0 saturated carbocycles. The van der Waals surface area contributed by atoms with E-state index in [1.54, 1.807) is 38.7 Å². The molecule has 0 spiro atoms. The number of ether oxygens (including phenoxy) is 1. The average Bonchev–Trinajstić information content (AvgIpc) is 2.89. The molecule has 1 atom stereocenters. The van der Waals surface area contributed by atoms with E-state index in [0.29, 0.717) is 35.1 Å². The number of nitrogens with zero attached hydrogens (tertiary/aromatic N) is 1. The minimum Gasteiger partial charge on any atom is -0.444 e. The fourth-order valence-corrected chi connectivity index (χ4v) is 2.92. The second kappa shape index (κ2) is 7.09. The van der Waals surface area contributed by atoms with Gasteiger partial charge in [-0.2, -0.15) is 0 Å². The average molecular weight is 401 g/mol. The predicted octanol–water partition coefficient (Wildman–Crippen LogP) is 3.64. The van der Waals surface area contributed by atoms with Crippen LogP contribution in [-0.2, 0) is 4.74 Å². The molecule has 0 radical (unpaired) electrons. The first-order chi connectivity index (χ1) is 11.1. The van der Waals surface area contributed by atoms with E-state index in [9.17, 15) is 14.0 Å². The molecule has 132 valence electrons. The maximum absolute atomic E-state index is 13.8. The molecule has 1 fully saturated rings. The van der Waals surface area contributed by atoms with Crippen LogP contribution in [0.5, 0.6) is 0 Å². The lowest BCUT2D eigenvalue weighted by Crippen LogP contribution is -2.41. The van der Waals surface area contributed by atoms with Gasteiger partial charge in [-0.25, -0.2) is 9.18 Å². The summed E-state index contributed by atoms with van der Waals surface area (Å²) in [7, 11) is 0. The van der Waals surface area contributed by atoms with Gasteiger partial charge in [0, 0.05) is 23.1 Å². The maximum atomic E-state index is 13.8. The lowest BCUT2D eigenvalue weighted by Gasteiger charge is -2.22. The minimum absolute atomic E-state index is 0.164. The van der Waals surface area contributed by atoms with Gasteiger partial charge in [-0.3, -0.25) is 4.79 Å². The number of likely N-dealkylation sites (tertiary alicyclic amines) is 1. The lowest BCUT2D eigenvalue weighted by atomic mass is 10.1. The third-order valence-electron chi connectivity index (χ3n) is 3.72. The van der Waals surface area contributed by atoms with E-state index < -0.39 is 17.5 Å². The fourth-order valence-electron chi connectivity index (χ4n) is 2.49. The highest BCUT2D eigenvalue weighted by Crippen LogP contribution is 2.23. The van der Waals surface area contributed by atoms with Crippen LogP contribution in [0.25, 0.3) is 0 Å². The van der Waals surface area contributed by atoms with Gasteiger partial charge in [0.05, 0.1) is 6.04 Å². The third kappa shape index (κ3) is 4.69. The Morgan fingerprint density at radius 3 is 2.62 bits per heavy atom. The van der Waals surface area contributed by atoms with Crippen molar-refractivity contribution in [3.05, 3.63) is 33.5 Å². The molecule has 0 aromatic heterocycles. The van der Waals surface area contributed by atoms with E-state index in [1.165, 1.54) is 6.07 Å². The minimum atomic E-state index is -0.566. The molecule has 2 rings (SSSR count). The van der Waals surface area contributed by atoms with E-state index in [0.717, 1.165) is 0 Å². The summed E-state index contributed by atoms with van der Waals surface area (Å²) < 4.78 is 19.6. The number of rotatable bonds is 2. The number of hydrogen-bond donors (Lipinski definition) is 1. The summed E-state index contributed by atoms with van der Waals surface area (Å²) in [5, 5.41) is 2.77. The van der Waals surface area contributed by atoms with Crippen molar-refractivity contribution in [2.45, 2.75) is 45.8 Å². The quantitative estimate of drug-likeness (QED) is 0.824. The van der Waals surface area contributed by atoms with Gasteiger partial charge < -0.3 is 15.0 Å². The number of carbonyl (C=O) groups excluding carboxylic acids is 2. The Balaban J connectivity index is 1.98. The number of amides is 2. The van der Waals surface area contributed by atoms with Crippen molar-refractivity contribution in [2.75, 3.05) is 13.1 Å². The largest absolute Gasteiger partial charge is 0.444 e. The summed E-state index contributed by atoms with van der Waals surface area (Å²) in [6.07, 6.45) is 0.145. The Morgan fingerprint density at radius 2 is 2.04 bits per heavy atom. The molecule has 0 aliphatic carbocycles. The highest BCUT2D eigenvalue weighted by Gasteiger charge is 2.29. The summed E-state index contributed by atoms with van der Waals surface area (Å²) in [6, 6.07) is 2.70. The van der Waals surface area contributed by atoms with Crippen molar-refractivity contribution in [1.29, 1.82) is 0 Å². The standard InChI is InChI=1S/C17H22BrFN2O3/c1-10-13(18)7-11(8-14(10)19)15(22)21-6-5-12(9-21)20-16(23)24-17(2,3)4/h7-8,12H,5-6,9H2,1-4H3,(H,20,23). The second-order valence-electron chi connectivity index (χ2n) is 6.95. The molecular weight excluding hydrogens is 379 g/mol. The smallest absolute Gasteiger partial charge is 0.407 e.